The summed E-state index contributed by atoms with van der Waals surface area (Å²) in [5, 5.41) is 12.6. The lowest BCUT2D eigenvalue weighted by molar-refractivity contribution is -0.130. The van der Waals surface area contributed by atoms with E-state index in [1.165, 1.54) is 24.3 Å². The smallest absolute Gasteiger partial charge is 0.240 e. The molecular formula is C14H19FN2O3. The highest BCUT2D eigenvalue weighted by atomic mass is 19.1. The van der Waals surface area contributed by atoms with Crippen molar-refractivity contribution in [3.8, 4) is 0 Å². The molecule has 1 amide bonds. The number of carbonyl (C=O) groups excluding carboxylic acids is 1. The molecule has 1 heterocycles. The van der Waals surface area contributed by atoms with Gasteiger partial charge in [0.25, 0.3) is 0 Å². The van der Waals surface area contributed by atoms with Gasteiger partial charge in [-0.05, 0) is 30.5 Å². The summed E-state index contributed by atoms with van der Waals surface area (Å²) in [5.74, 6) is -0.657. The first kappa shape index (κ1) is 14.9. The van der Waals surface area contributed by atoms with E-state index in [-0.39, 0.29) is 18.3 Å². The van der Waals surface area contributed by atoms with Gasteiger partial charge in [0, 0.05) is 19.8 Å². The van der Waals surface area contributed by atoms with Crippen molar-refractivity contribution in [2.24, 2.45) is 5.73 Å². The van der Waals surface area contributed by atoms with Crippen molar-refractivity contribution < 1.29 is 19.0 Å². The number of aliphatic hydroxyl groups excluding tert-OH is 1. The quantitative estimate of drug-likeness (QED) is 0.750. The number of hydrogen-bond acceptors (Lipinski definition) is 4. The number of carbonyl (C=O) groups is 1. The molecule has 0 radical (unpaired) electrons. The second-order valence-electron chi connectivity index (χ2n) is 5.05. The monoisotopic (exact) mass is 282 g/mol. The van der Waals surface area contributed by atoms with E-state index in [4.69, 9.17) is 10.5 Å². The van der Waals surface area contributed by atoms with Gasteiger partial charge in [-0.1, -0.05) is 12.1 Å². The van der Waals surface area contributed by atoms with Crippen LogP contribution in [0.25, 0.3) is 0 Å². The van der Waals surface area contributed by atoms with Crippen molar-refractivity contribution in [3.63, 3.8) is 0 Å². The maximum absolute atomic E-state index is 12.8. The highest BCUT2D eigenvalue weighted by molar-refractivity contribution is 5.86. The molecule has 1 aliphatic heterocycles. The van der Waals surface area contributed by atoms with Gasteiger partial charge in [-0.3, -0.25) is 4.79 Å². The standard InChI is InChI=1S/C14H19FN2O3/c15-11-3-1-10(2-4-11)12(18)9-17-13(19)14(16)5-7-20-8-6-14/h1-4,12,18H,5-9,16H2,(H,17,19). The molecule has 0 aromatic heterocycles. The normalized spacial score (nSPS) is 19.4. The zero-order valence-corrected chi connectivity index (χ0v) is 11.1. The van der Waals surface area contributed by atoms with E-state index < -0.39 is 11.6 Å². The largest absolute Gasteiger partial charge is 0.387 e. The summed E-state index contributed by atoms with van der Waals surface area (Å²) in [6.45, 7) is 0.971. The fourth-order valence-corrected chi connectivity index (χ4v) is 2.13. The molecule has 20 heavy (non-hydrogen) atoms. The highest BCUT2D eigenvalue weighted by Gasteiger charge is 2.35. The van der Waals surface area contributed by atoms with E-state index in [0.717, 1.165) is 0 Å². The second-order valence-corrected chi connectivity index (χ2v) is 5.05. The van der Waals surface area contributed by atoms with Gasteiger partial charge in [-0.2, -0.15) is 0 Å². The van der Waals surface area contributed by atoms with E-state index >= 15 is 0 Å². The van der Waals surface area contributed by atoms with E-state index in [1.807, 2.05) is 0 Å². The maximum atomic E-state index is 12.8. The van der Waals surface area contributed by atoms with Crippen molar-refractivity contribution in [3.05, 3.63) is 35.6 Å². The van der Waals surface area contributed by atoms with Crippen LogP contribution in [-0.4, -0.2) is 36.3 Å². The lowest BCUT2D eigenvalue weighted by atomic mass is 9.90. The molecule has 0 saturated carbocycles. The number of benzene rings is 1. The number of nitrogens with two attached hydrogens (primary N) is 1. The SMILES string of the molecule is NC1(C(=O)NCC(O)c2ccc(F)cc2)CCOCC1. The van der Waals surface area contributed by atoms with Crippen LogP contribution in [0.15, 0.2) is 24.3 Å². The Balaban J connectivity index is 1.88. The zero-order valence-electron chi connectivity index (χ0n) is 11.1. The minimum Gasteiger partial charge on any atom is -0.387 e. The lowest BCUT2D eigenvalue weighted by Gasteiger charge is -2.32. The Morgan fingerprint density at radius 1 is 1.40 bits per heavy atom. The van der Waals surface area contributed by atoms with Crippen LogP contribution >= 0.6 is 0 Å². The first-order valence-electron chi connectivity index (χ1n) is 6.60. The van der Waals surface area contributed by atoms with Crippen molar-refractivity contribution in [1.82, 2.24) is 5.32 Å². The number of hydrogen-bond donors (Lipinski definition) is 3. The number of aliphatic hydroxyl groups is 1. The Morgan fingerprint density at radius 2 is 2.00 bits per heavy atom. The molecule has 1 unspecified atom stereocenters. The van der Waals surface area contributed by atoms with Gasteiger partial charge in [0.1, 0.15) is 5.82 Å². The number of ether oxygens (including phenoxy) is 1. The molecule has 2 rings (SSSR count). The van der Waals surface area contributed by atoms with Crippen LogP contribution in [0, 0.1) is 5.82 Å². The zero-order chi connectivity index (χ0) is 14.6. The minimum atomic E-state index is -0.930. The highest BCUT2D eigenvalue weighted by Crippen LogP contribution is 2.18. The molecule has 0 aliphatic carbocycles. The van der Waals surface area contributed by atoms with Crippen LogP contribution in [0.3, 0.4) is 0 Å². The topological polar surface area (TPSA) is 84.6 Å². The summed E-state index contributed by atoms with van der Waals surface area (Å²) in [6.07, 6.45) is 0.0414. The minimum absolute atomic E-state index is 0.0459. The Labute approximate surface area is 116 Å². The molecule has 4 N–H and O–H groups in total. The maximum Gasteiger partial charge on any atom is 0.240 e. The number of amides is 1. The molecule has 1 aliphatic rings. The average molecular weight is 282 g/mol. The number of nitrogens with one attached hydrogen (secondary N) is 1. The molecular weight excluding hydrogens is 263 g/mol. The molecule has 1 atom stereocenters. The summed E-state index contributed by atoms with van der Waals surface area (Å²) in [5.41, 5.74) is 5.64. The van der Waals surface area contributed by atoms with Crippen molar-refractivity contribution >= 4 is 5.91 Å². The van der Waals surface area contributed by atoms with Crippen LogP contribution < -0.4 is 11.1 Å². The van der Waals surface area contributed by atoms with Crippen LogP contribution in [0.2, 0.25) is 0 Å². The van der Waals surface area contributed by atoms with Crippen molar-refractivity contribution in [2.75, 3.05) is 19.8 Å². The summed E-state index contributed by atoms with van der Waals surface area (Å²) in [4.78, 5) is 12.0. The van der Waals surface area contributed by atoms with Gasteiger partial charge < -0.3 is 20.9 Å². The molecule has 1 fully saturated rings. The third-order valence-corrected chi connectivity index (χ3v) is 3.55. The molecule has 0 bridgehead atoms. The van der Waals surface area contributed by atoms with Crippen molar-refractivity contribution in [2.45, 2.75) is 24.5 Å². The third-order valence-electron chi connectivity index (χ3n) is 3.55. The molecule has 0 spiro atoms. The number of halogens is 1. The molecule has 6 heteroatoms. The van der Waals surface area contributed by atoms with Crippen LogP contribution in [0.5, 0.6) is 0 Å². The van der Waals surface area contributed by atoms with Gasteiger partial charge in [0.15, 0.2) is 0 Å². The van der Waals surface area contributed by atoms with Crippen LogP contribution in [0.1, 0.15) is 24.5 Å². The van der Waals surface area contributed by atoms with Crippen molar-refractivity contribution in [1.29, 1.82) is 0 Å². The van der Waals surface area contributed by atoms with E-state index in [9.17, 15) is 14.3 Å². The first-order valence-corrected chi connectivity index (χ1v) is 6.60. The molecule has 5 nitrogen and oxygen atoms in total. The second kappa shape index (κ2) is 6.30. The Hall–Kier alpha value is -1.50. The van der Waals surface area contributed by atoms with Gasteiger partial charge in [0.2, 0.25) is 5.91 Å². The fourth-order valence-electron chi connectivity index (χ4n) is 2.13. The van der Waals surface area contributed by atoms with E-state index in [2.05, 4.69) is 5.32 Å². The van der Waals surface area contributed by atoms with Gasteiger partial charge in [-0.25, -0.2) is 4.39 Å². The Morgan fingerprint density at radius 3 is 2.60 bits per heavy atom. The van der Waals surface area contributed by atoms with Crippen LogP contribution in [0.4, 0.5) is 4.39 Å². The van der Waals surface area contributed by atoms with Crippen LogP contribution in [-0.2, 0) is 9.53 Å². The molecule has 110 valence electrons. The molecule has 1 aromatic rings. The summed E-state index contributed by atoms with van der Waals surface area (Å²) in [7, 11) is 0. The van der Waals surface area contributed by atoms with E-state index in [1.54, 1.807) is 0 Å². The van der Waals surface area contributed by atoms with E-state index in [0.29, 0.717) is 31.6 Å². The fraction of sp³-hybridized carbons (Fsp3) is 0.500. The summed E-state index contributed by atoms with van der Waals surface area (Å²) in [6, 6.07) is 5.50. The summed E-state index contributed by atoms with van der Waals surface area (Å²) < 4.78 is 18.0. The van der Waals surface area contributed by atoms with Gasteiger partial charge in [-0.15, -0.1) is 0 Å². The van der Waals surface area contributed by atoms with Gasteiger partial charge >= 0.3 is 0 Å². The van der Waals surface area contributed by atoms with Gasteiger partial charge in [0.05, 0.1) is 11.6 Å². The molecule has 1 aromatic carbocycles. The first-order chi connectivity index (χ1) is 9.51. The molecule has 1 saturated heterocycles. The Bertz CT molecular complexity index is 458. The average Bonchev–Trinajstić information content (AvgIpc) is 2.46. The summed E-state index contributed by atoms with van der Waals surface area (Å²) >= 11 is 0. The lowest BCUT2D eigenvalue weighted by Crippen LogP contribution is -2.57. The Kier molecular flexibility index (Phi) is 4.69. The third kappa shape index (κ3) is 3.53. The predicted octanol–water partition coefficient (Wildman–Crippen LogP) is 0.483. The predicted molar refractivity (Wildman–Crippen MR) is 71.3 cm³/mol. The number of rotatable bonds is 4.